The summed E-state index contributed by atoms with van der Waals surface area (Å²) in [5.41, 5.74) is 7.63. The second kappa shape index (κ2) is 4.19. The number of hydrogen-bond acceptors (Lipinski definition) is 3. The Balaban J connectivity index is 2.37. The van der Waals surface area contributed by atoms with Crippen LogP contribution < -0.4 is 10.5 Å². The van der Waals surface area contributed by atoms with E-state index in [1.165, 1.54) is 0 Å². The summed E-state index contributed by atoms with van der Waals surface area (Å²) in [5, 5.41) is 0. The van der Waals surface area contributed by atoms with E-state index in [2.05, 4.69) is 0 Å². The van der Waals surface area contributed by atoms with Crippen LogP contribution in [-0.2, 0) is 6.54 Å². The highest BCUT2D eigenvalue weighted by molar-refractivity contribution is 5.62. The topological polar surface area (TPSA) is 48.4 Å². The van der Waals surface area contributed by atoms with E-state index in [1.54, 1.807) is 13.4 Å². The molecule has 0 atom stereocenters. The van der Waals surface area contributed by atoms with Gasteiger partial charge in [0.2, 0.25) is 0 Å². The van der Waals surface area contributed by atoms with Gasteiger partial charge in [0.25, 0.3) is 0 Å². The number of rotatable bonds is 3. The molecule has 1 heterocycles. The van der Waals surface area contributed by atoms with E-state index < -0.39 is 0 Å². The SMILES string of the molecule is COc1ccc(-c2occc2CN)cc1. The smallest absolute Gasteiger partial charge is 0.138 e. The van der Waals surface area contributed by atoms with Crippen LogP contribution in [0.5, 0.6) is 5.75 Å². The van der Waals surface area contributed by atoms with Crippen molar-refractivity contribution in [3.63, 3.8) is 0 Å². The summed E-state index contributed by atoms with van der Waals surface area (Å²) in [6.45, 7) is 0.484. The molecule has 3 heteroatoms. The van der Waals surface area contributed by atoms with Crippen molar-refractivity contribution in [3.05, 3.63) is 42.2 Å². The van der Waals surface area contributed by atoms with Gasteiger partial charge in [0.1, 0.15) is 11.5 Å². The van der Waals surface area contributed by atoms with Crippen LogP contribution in [0.3, 0.4) is 0 Å². The highest BCUT2D eigenvalue weighted by atomic mass is 16.5. The highest BCUT2D eigenvalue weighted by Gasteiger charge is 2.07. The van der Waals surface area contributed by atoms with Crippen molar-refractivity contribution < 1.29 is 9.15 Å². The van der Waals surface area contributed by atoms with E-state index in [0.717, 1.165) is 22.6 Å². The minimum atomic E-state index is 0.484. The molecule has 0 radical (unpaired) electrons. The monoisotopic (exact) mass is 203 g/mol. The Morgan fingerprint density at radius 2 is 1.93 bits per heavy atom. The summed E-state index contributed by atoms with van der Waals surface area (Å²) in [6.07, 6.45) is 1.65. The van der Waals surface area contributed by atoms with Crippen molar-refractivity contribution in [1.29, 1.82) is 0 Å². The first-order valence-electron chi connectivity index (χ1n) is 4.76. The lowest BCUT2D eigenvalue weighted by atomic mass is 10.1. The molecule has 2 aromatic rings. The van der Waals surface area contributed by atoms with Crippen LogP contribution in [0.15, 0.2) is 41.0 Å². The molecule has 2 rings (SSSR count). The maximum absolute atomic E-state index is 5.60. The van der Waals surface area contributed by atoms with Crippen molar-refractivity contribution in [2.75, 3.05) is 7.11 Å². The highest BCUT2D eigenvalue weighted by Crippen LogP contribution is 2.26. The minimum Gasteiger partial charge on any atom is -0.497 e. The Morgan fingerprint density at radius 3 is 2.53 bits per heavy atom. The van der Waals surface area contributed by atoms with Crippen LogP contribution in [0.2, 0.25) is 0 Å². The van der Waals surface area contributed by atoms with E-state index in [-0.39, 0.29) is 0 Å². The molecule has 2 N–H and O–H groups in total. The van der Waals surface area contributed by atoms with Crippen molar-refractivity contribution in [1.82, 2.24) is 0 Å². The summed E-state index contributed by atoms with van der Waals surface area (Å²) >= 11 is 0. The van der Waals surface area contributed by atoms with Gasteiger partial charge >= 0.3 is 0 Å². The van der Waals surface area contributed by atoms with Gasteiger partial charge in [-0.3, -0.25) is 0 Å². The van der Waals surface area contributed by atoms with Crippen LogP contribution in [0.25, 0.3) is 11.3 Å². The number of nitrogens with two attached hydrogens (primary N) is 1. The van der Waals surface area contributed by atoms with Gasteiger partial charge in [0, 0.05) is 17.7 Å². The fraction of sp³-hybridized carbons (Fsp3) is 0.167. The van der Waals surface area contributed by atoms with E-state index in [0.29, 0.717) is 6.54 Å². The molecular weight excluding hydrogens is 190 g/mol. The predicted molar refractivity (Wildman–Crippen MR) is 58.6 cm³/mol. The first-order valence-corrected chi connectivity index (χ1v) is 4.76. The van der Waals surface area contributed by atoms with E-state index in [1.807, 2.05) is 30.3 Å². The molecule has 0 aliphatic rings. The lowest BCUT2D eigenvalue weighted by molar-refractivity contribution is 0.415. The summed E-state index contributed by atoms with van der Waals surface area (Å²) in [5.74, 6) is 1.67. The largest absolute Gasteiger partial charge is 0.497 e. The Kier molecular flexibility index (Phi) is 2.74. The Hall–Kier alpha value is -1.74. The Bertz CT molecular complexity index is 431. The average Bonchev–Trinajstić information content (AvgIpc) is 2.77. The van der Waals surface area contributed by atoms with Crippen LogP contribution in [0.1, 0.15) is 5.56 Å². The van der Waals surface area contributed by atoms with Crippen molar-refractivity contribution in [3.8, 4) is 17.1 Å². The molecule has 0 bridgehead atoms. The van der Waals surface area contributed by atoms with Gasteiger partial charge in [0.15, 0.2) is 0 Å². The lowest BCUT2D eigenvalue weighted by Crippen LogP contribution is -1.95. The van der Waals surface area contributed by atoms with Crippen LogP contribution in [0.4, 0.5) is 0 Å². The second-order valence-electron chi connectivity index (χ2n) is 3.21. The minimum absolute atomic E-state index is 0.484. The number of benzene rings is 1. The first kappa shape index (κ1) is 9.80. The van der Waals surface area contributed by atoms with Gasteiger partial charge in [-0.15, -0.1) is 0 Å². The first-order chi connectivity index (χ1) is 7.35. The number of ether oxygens (including phenoxy) is 1. The quantitative estimate of drug-likeness (QED) is 0.833. The van der Waals surface area contributed by atoms with E-state index >= 15 is 0 Å². The Labute approximate surface area is 88.5 Å². The molecule has 0 amide bonds. The third-order valence-corrected chi connectivity index (χ3v) is 2.32. The van der Waals surface area contributed by atoms with E-state index in [9.17, 15) is 0 Å². The molecular formula is C12H13NO2. The molecule has 78 valence electrons. The lowest BCUT2D eigenvalue weighted by Gasteiger charge is -2.02. The molecule has 0 saturated heterocycles. The number of furan rings is 1. The maximum atomic E-state index is 5.60. The third-order valence-electron chi connectivity index (χ3n) is 2.32. The maximum Gasteiger partial charge on any atom is 0.138 e. The molecule has 0 saturated carbocycles. The van der Waals surface area contributed by atoms with Crippen molar-refractivity contribution >= 4 is 0 Å². The van der Waals surface area contributed by atoms with Gasteiger partial charge in [-0.25, -0.2) is 0 Å². The molecule has 1 aromatic heterocycles. The third kappa shape index (κ3) is 1.87. The fourth-order valence-electron chi connectivity index (χ4n) is 1.49. The number of hydrogen-bond donors (Lipinski definition) is 1. The average molecular weight is 203 g/mol. The van der Waals surface area contributed by atoms with Crippen LogP contribution in [-0.4, -0.2) is 7.11 Å². The summed E-state index contributed by atoms with van der Waals surface area (Å²) < 4.78 is 10.5. The van der Waals surface area contributed by atoms with Crippen molar-refractivity contribution in [2.45, 2.75) is 6.54 Å². The predicted octanol–water partition coefficient (Wildman–Crippen LogP) is 2.41. The molecule has 0 aliphatic carbocycles. The zero-order chi connectivity index (χ0) is 10.7. The summed E-state index contributed by atoms with van der Waals surface area (Å²) in [6, 6.07) is 9.60. The van der Waals surface area contributed by atoms with Gasteiger partial charge in [-0.05, 0) is 30.3 Å². The van der Waals surface area contributed by atoms with Gasteiger partial charge < -0.3 is 14.9 Å². The molecule has 15 heavy (non-hydrogen) atoms. The summed E-state index contributed by atoms with van der Waals surface area (Å²) in [7, 11) is 1.65. The van der Waals surface area contributed by atoms with Gasteiger partial charge in [-0.1, -0.05) is 0 Å². The molecule has 1 aromatic carbocycles. The zero-order valence-electron chi connectivity index (χ0n) is 8.57. The number of methoxy groups -OCH3 is 1. The molecule has 0 aliphatic heterocycles. The fourth-order valence-corrected chi connectivity index (χ4v) is 1.49. The molecule has 0 spiro atoms. The zero-order valence-corrected chi connectivity index (χ0v) is 8.57. The van der Waals surface area contributed by atoms with Crippen LogP contribution >= 0.6 is 0 Å². The molecule has 0 fully saturated rings. The Morgan fingerprint density at radius 1 is 1.20 bits per heavy atom. The summed E-state index contributed by atoms with van der Waals surface area (Å²) in [4.78, 5) is 0. The molecule has 3 nitrogen and oxygen atoms in total. The second-order valence-corrected chi connectivity index (χ2v) is 3.21. The van der Waals surface area contributed by atoms with Gasteiger partial charge in [0.05, 0.1) is 13.4 Å². The van der Waals surface area contributed by atoms with Crippen molar-refractivity contribution in [2.24, 2.45) is 5.73 Å². The normalized spacial score (nSPS) is 10.3. The standard InChI is InChI=1S/C12H13NO2/c1-14-11-4-2-9(3-5-11)12-10(8-13)6-7-15-12/h2-7H,8,13H2,1H3. The molecule has 0 unspecified atom stereocenters. The van der Waals surface area contributed by atoms with Gasteiger partial charge in [-0.2, -0.15) is 0 Å². The van der Waals surface area contributed by atoms with E-state index in [4.69, 9.17) is 14.9 Å². The van der Waals surface area contributed by atoms with Crippen LogP contribution in [0, 0.1) is 0 Å².